The summed E-state index contributed by atoms with van der Waals surface area (Å²) in [4.78, 5) is 22.1. The molecule has 0 aromatic heterocycles. The lowest BCUT2D eigenvalue weighted by molar-refractivity contribution is -0.530. The molecule has 7 heteroatoms. The van der Waals surface area contributed by atoms with E-state index in [4.69, 9.17) is 4.74 Å². The Kier molecular flexibility index (Phi) is 9.78. The number of rotatable bonds is 14. The van der Waals surface area contributed by atoms with Gasteiger partial charge in [-0.2, -0.15) is 0 Å². The van der Waals surface area contributed by atoms with Crippen molar-refractivity contribution in [1.82, 2.24) is 0 Å². The highest BCUT2D eigenvalue weighted by atomic mass is 16.6. The highest BCUT2D eigenvalue weighted by molar-refractivity contribution is 5.17. The van der Waals surface area contributed by atoms with E-state index in [1.165, 1.54) is 0 Å². The van der Waals surface area contributed by atoms with Gasteiger partial charge in [0.2, 0.25) is 12.1 Å². The van der Waals surface area contributed by atoms with E-state index in [1.807, 2.05) is 36.4 Å². The maximum atomic E-state index is 11.3. The van der Waals surface area contributed by atoms with Gasteiger partial charge in [0.25, 0.3) is 0 Å². The molecule has 0 fully saturated rings. The molecule has 0 saturated heterocycles. The third-order valence-corrected chi connectivity index (χ3v) is 4.91. The largest absolute Gasteiger partial charge is 0.381 e. The highest BCUT2D eigenvalue weighted by Crippen LogP contribution is 2.23. The van der Waals surface area contributed by atoms with E-state index in [2.05, 4.69) is 0 Å². The van der Waals surface area contributed by atoms with Gasteiger partial charge in [-0.25, -0.2) is 0 Å². The number of nitro groups is 2. The number of unbranched alkanes of at least 4 members (excludes halogenated alkanes) is 2. The Labute approximate surface area is 171 Å². The van der Waals surface area contributed by atoms with Crippen LogP contribution in [0.4, 0.5) is 0 Å². The molecule has 0 saturated carbocycles. The highest BCUT2D eigenvalue weighted by Gasteiger charge is 2.22. The zero-order valence-electron chi connectivity index (χ0n) is 16.5. The van der Waals surface area contributed by atoms with Crippen LogP contribution >= 0.6 is 0 Å². The van der Waals surface area contributed by atoms with Gasteiger partial charge in [-0.3, -0.25) is 20.2 Å². The summed E-state index contributed by atoms with van der Waals surface area (Å²) in [7, 11) is 0. The van der Waals surface area contributed by atoms with Crippen LogP contribution in [-0.4, -0.2) is 23.1 Å². The van der Waals surface area contributed by atoms with Crippen LogP contribution in [0, 0.1) is 20.2 Å². The molecule has 0 radical (unpaired) electrons. The van der Waals surface area contributed by atoms with Gasteiger partial charge in [-0.15, -0.1) is 0 Å². The molecule has 2 aromatic carbocycles. The summed E-state index contributed by atoms with van der Waals surface area (Å²) in [5, 5.41) is 22.5. The summed E-state index contributed by atoms with van der Waals surface area (Å²) in [6, 6.07) is 16.8. The predicted molar refractivity (Wildman–Crippen MR) is 111 cm³/mol. The van der Waals surface area contributed by atoms with Crippen molar-refractivity contribution in [3.63, 3.8) is 0 Å². The normalized spacial score (nSPS) is 13.0. The Morgan fingerprint density at radius 3 is 1.38 bits per heavy atom. The molecular formula is C22H28N2O5. The number of nitrogens with zero attached hydrogens (tertiary/aromatic N) is 2. The van der Waals surface area contributed by atoms with Gasteiger partial charge in [0.1, 0.15) is 0 Å². The maximum absolute atomic E-state index is 11.3. The van der Waals surface area contributed by atoms with Crippen LogP contribution in [-0.2, 0) is 4.74 Å². The van der Waals surface area contributed by atoms with Gasteiger partial charge in [0.05, 0.1) is 0 Å². The molecule has 0 N–H and O–H groups in total. The van der Waals surface area contributed by atoms with Crippen LogP contribution in [0.25, 0.3) is 0 Å². The van der Waals surface area contributed by atoms with E-state index in [9.17, 15) is 20.2 Å². The third-order valence-electron chi connectivity index (χ3n) is 4.91. The van der Waals surface area contributed by atoms with Crippen molar-refractivity contribution in [1.29, 1.82) is 0 Å². The molecule has 2 unspecified atom stereocenters. The van der Waals surface area contributed by atoms with E-state index in [1.54, 1.807) is 24.3 Å². The van der Waals surface area contributed by atoms with Crippen LogP contribution in [0.3, 0.4) is 0 Å². The fourth-order valence-corrected chi connectivity index (χ4v) is 3.32. The average Bonchev–Trinajstić information content (AvgIpc) is 2.73. The topological polar surface area (TPSA) is 95.5 Å². The first-order valence-electron chi connectivity index (χ1n) is 10.0. The van der Waals surface area contributed by atoms with Crippen molar-refractivity contribution in [2.75, 3.05) is 13.2 Å². The van der Waals surface area contributed by atoms with Gasteiger partial charge in [0.15, 0.2) is 0 Å². The molecule has 2 rings (SSSR count). The van der Waals surface area contributed by atoms with Gasteiger partial charge in [0, 0.05) is 47.0 Å². The Balaban J connectivity index is 1.58. The molecule has 0 bridgehead atoms. The first kappa shape index (κ1) is 22.5. The van der Waals surface area contributed by atoms with Crippen molar-refractivity contribution in [2.24, 2.45) is 0 Å². The molecule has 0 heterocycles. The standard InChI is InChI=1S/C22H28N2O5/c25-23(26)21(19-11-3-1-4-12-19)15-7-9-17-29-18-10-8-16-22(24(27)28)20-13-5-2-6-14-20/h1-6,11-14,21-22H,7-10,15-18H2. The van der Waals surface area contributed by atoms with Crippen molar-refractivity contribution in [3.8, 4) is 0 Å². The first-order valence-corrected chi connectivity index (χ1v) is 10.0. The molecule has 29 heavy (non-hydrogen) atoms. The summed E-state index contributed by atoms with van der Waals surface area (Å²) < 4.78 is 5.59. The minimum absolute atomic E-state index is 0.228. The van der Waals surface area contributed by atoms with Gasteiger partial charge in [-0.1, -0.05) is 60.7 Å². The predicted octanol–water partition coefficient (Wildman–Crippen LogP) is 5.38. The Hall–Kier alpha value is -2.80. The Morgan fingerprint density at radius 1 is 0.655 bits per heavy atom. The smallest absolute Gasteiger partial charge is 0.238 e. The third kappa shape index (κ3) is 7.99. The second-order valence-electron chi connectivity index (χ2n) is 7.03. The average molecular weight is 400 g/mol. The molecule has 0 amide bonds. The van der Waals surface area contributed by atoms with Crippen LogP contribution in [0.2, 0.25) is 0 Å². The minimum atomic E-state index is -0.673. The molecule has 0 aliphatic rings. The van der Waals surface area contributed by atoms with Crippen LogP contribution < -0.4 is 0 Å². The molecule has 2 atom stereocenters. The molecule has 7 nitrogen and oxygen atoms in total. The lowest BCUT2D eigenvalue weighted by atomic mass is 10.0. The summed E-state index contributed by atoms with van der Waals surface area (Å²) in [6.07, 6.45) is 3.94. The fraction of sp³-hybridized carbons (Fsp3) is 0.455. The van der Waals surface area contributed by atoms with E-state index in [0.717, 1.165) is 36.8 Å². The summed E-state index contributed by atoms with van der Waals surface area (Å²) in [5.74, 6) is 0. The maximum Gasteiger partial charge on any atom is 0.238 e. The zero-order chi connectivity index (χ0) is 20.9. The van der Waals surface area contributed by atoms with Crippen LogP contribution in [0.15, 0.2) is 60.7 Å². The monoisotopic (exact) mass is 400 g/mol. The van der Waals surface area contributed by atoms with E-state index in [0.29, 0.717) is 26.1 Å². The summed E-state index contributed by atoms with van der Waals surface area (Å²) in [5.41, 5.74) is 1.47. The molecule has 2 aromatic rings. The van der Waals surface area contributed by atoms with E-state index < -0.39 is 12.1 Å². The first-order chi connectivity index (χ1) is 14.1. The number of ether oxygens (including phenoxy) is 1. The van der Waals surface area contributed by atoms with Crippen molar-refractivity contribution >= 4 is 0 Å². The number of benzene rings is 2. The van der Waals surface area contributed by atoms with Crippen molar-refractivity contribution < 1.29 is 14.6 Å². The quantitative estimate of drug-likeness (QED) is 0.241. The fourth-order valence-electron chi connectivity index (χ4n) is 3.32. The molecule has 0 spiro atoms. The van der Waals surface area contributed by atoms with Crippen molar-refractivity contribution in [3.05, 3.63) is 92.0 Å². The van der Waals surface area contributed by atoms with Gasteiger partial charge >= 0.3 is 0 Å². The second kappa shape index (κ2) is 12.6. The SMILES string of the molecule is O=[N+]([O-])C(CCCCOCCCCC(c1ccccc1)[N+](=O)[O-])c1ccccc1. The molecule has 0 aliphatic carbocycles. The molecule has 0 aliphatic heterocycles. The van der Waals surface area contributed by atoms with E-state index in [-0.39, 0.29) is 9.85 Å². The Morgan fingerprint density at radius 2 is 1.03 bits per heavy atom. The van der Waals surface area contributed by atoms with Crippen molar-refractivity contribution in [2.45, 2.75) is 50.6 Å². The molecular weight excluding hydrogens is 372 g/mol. The van der Waals surface area contributed by atoms with Crippen LogP contribution in [0.1, 0.15) is 61.7 Å². The van der Waals surface area contributed by atoms with Gasteiger partial charge in [-0.05, 0) is 25.7 Å². The molecule has 156 valence electrons. The lowest BCUT2D eigenvalue weighted by Gasteiger charge is -2.10. The van der Waals surface area contributed by atoms with Gasteiger partial charge < -0.3 is 4.74 Å². The second-order valence-corrected chi connectivity index (χ2v) is 7.03. The van der Waals surface area contributed by atoms with Crippen LogP contribution in [0.5, 0.6) is 0 Å². The van der Waals surface area contributed by atoms with E-state index >= 15 is 0 Å². The summed E-state index contributed by atoms with van der Waals surface area (Å²) >= 11 is 0. The summed E-state index contributed by atoms with van der Waals surface area (Å²) in [6.45, 7) is 1.10. The Bertz CT molecular complexity index is 676. The number of hydrogen-bond donors (Lipinski definition) is 0. The zero-order valence-corrected chi connectivity index (χ0v) is 16.5. The lowest BCUT2D eigenvalue weighted by Crippen LogP contribution is -2.11. The minimum Gasteiger partial charge on any atom is -0.381 e. The number of hydrogen-bond acceptors (Lipinski definition) is 5.